The van der Waals surface area contributed by atoms with E-state index in [1.54, 1.807) is 0 Å². The predicted molar refractivity (Wildman–Crippen MR) is 52.8 cm³/mol. The zero-order chi connectivity index (χ0) is 13.9. The molecule has 98 valence electrons. The van der Waals surface area contributed by atoms with Crippen LogP contribution in [0.1, 0.15) is 10.4 Å². The lowest BCUT2D eigenvalue weighted by molar-refractivity contribution is -0.122. The Hall–Kier alpha value is -2.12. The van der Waals surface area contributed by atoms with Crippen LogP contribution >= 0.6 is 0 Å². The molecule has 0 bridgehead atoms. The molecule has 0 unspecified atom stereocenters. The molecule has 0 saturated carbocycles. The van der Waals surface area contributed by atoms with Crippen molar-refractivity contribution < 1.29 is 31.9 Å². The molecule has 1 amide bonds. The minimum absolute atomic E-state index is 0.0188. The van der Waals surface area contributed by atoms with E-state index in [4.69, 9.17) is 0 Å². The highest BCUT2D eigenvalue weighted by Gasteiger charge is 2.42. The predicted octanol–water partition coefficient (Wildman–Crippen LogP) is 2.89. The summed E-state index contributed by atoms with van der Waals surface area (Å²) in [7, 11) is 1.10. The monoisotopic (exact) mass is 265 g/mol. The topological polar surface area (TPSA) is 46.6 Å². The van der Waals surface area contributed by atoms with Crippen LogP contribution in [0.15, 0.2) is 24.3 Å². The van der Waals surface area contributed by atoms with Crippen molar-refractivity contribution in [3.8, 4) is 0 Å². The van der Waals surface area contributed by atoms with Crippen molar-refractivity contribution in [1.82, 2.24) is 0 Å². The molecule has 4 nitrogen and oxygen atoms in total. The Labute approximate surface area is 98.7 Å². The van der Waals surface area contributed by atoms with E-state index in [-0.39, 0.29) is 5.56 Å². The number of esters is 1. The number of hydrogen-bond donors (Lipinski definition) is 0. The second-order valence-electron chi connectivity index (χ2n) is 3.09. The van der Waals surface area contributed by atoms with Crippen molar-refractivity contribution in [2.75, 3.05) is 12.0 Å². The fraction of sp³-hybridized carbons (Fsp3) is 0.200. The molecule has 0 saturated heterocycles. The molecule has 0 atom stereocenters. The van der Waals surface area contributed by atoms with Crippen LogP contribution in [0, 0.1) is 0 Å². The largest absolute Gasteiger partial charge is 0.493 e. The van der Waals surface area contributed by atoms with Gasteiger partial charge in [0.05, 0.1) is 18.4 Å². The Kier molecular flexibility index (Phi) is 3.89. The Morgan fingerprint density at radius 3 is 2.00 bits per heavy atom. The number of methoxy groups -OCH3 is 1. The zero-order valence-electron chi connectivity index (χ0n) is 8.99. The first-order valence-corrected chi connectivity index (χ1v) is 4.52. The first-order chi connectivity index (χ1) is 8.27. The highest BCUT2D eigenvalue weighted by atomic mass is 19.4. The van der Waals surface area contributed by atoms with E-state index in [0.717, 1.165) is 31.4 Å². The van der Waals surface area contributed by atoms with Crippen LogP contribution in [0.25, 0.3) is 0 Å². The third-order valence-corrected chi connectivity index (χ3v) is 1.98. The van der Waals surface area contributed by atoms with Crippen LogP contribution in [-0.2, 0) is 4.74 Å². The average molecular weight is 265 g/mol. The number of carbonyl (C=O) groups is 2. The van der Waals surface area contributed by atoms with Gasteiger partial charge in [-0.25, -0.2) is 9.59 Å². The van der Waals surface area contributed by atoms with Gasteiger partial charge in [-0.05, 0) is 24.3 Å². The summed E-state index contributed by atoms with van der Waals surface area (Å²) in [6, 6.07) is 3.56. The van der Waals surface area contributed by atoms with E-state index in [9.17, 15) is 27.2 Å². The van der Waals surface area contributed by atoms with E-state index in [1.807, 2.05) is 0 Å². The summed E-state index contributed by atoms with van der Waals surface area (Å²) in [5.41, 5.74) is -0.752. The number of carbonyl (C=O) groups excluding carboxylic acids is 2. The van der Waals surface area contributed by atoms with Gasteiger partial charge >= 0.3 is 18.4 Å². The summed E-state index contributed by atoms with van der Waals surface area (Å²) in [6.07, 6.45) is -7.84. The molecule has 8 heteroatoms. The van der Waals surface area contributed by atoms with Crippen LogP contribution in [-0.4, -0.2) is 25.5 Å². The maximum absolute atomic E-state index is 12.4. The summed E-state index contributed by atoms with van der Waals surface area (Å²) >= 11 is 0. The third kappa shape index (κ3) is 2.96. The number of ether oxygens (including phenoxy) is 1. The zero-order valence-corrected chi connectivity index (χ0v) is 8.99. The Morgan fingerprint density at radius 1 is 1.17 bits per heavy atom. The number of amides is 1. The molecule has 0 aliphatic rings. The first kappa shape index (κ1) is 13.9. The molecule has 0 aliphatic heterocycles. The molecule has 0 aliphatic carbocycles. The van der Waals surface area contributed by atoms with Crippen molar-refractivity contribution in [2.24, 2.45) is 0 Å². The quantitative estimate of drug-likeness (QED) is 0.357. The molecule has 1 aromatic rings. The van der Waals surface area contributed by atoms with Gasteiger partial charge in [0.25, 0.3) is 0 Å². The van der Waals surface area contributed by atoms with Gasteiger partial charge in [0.2, 0.25) is 0 Å². The molecule has 0 heterocycles. The number of rotatable bonds is 2. The van der Waals surface area contributed by atoms with E-state index < -0.39 is 29.0 Å². The number of hydrogen-bond acceptors (Lipinski definition) is 3. The fourth-order valence-corrected chi connectivity index (χ4v) is 1.21. The second kappa shape index (κ2) is 5.03. The van der Waals surface area contributed by atoms with E-state index in [0.29, 0.717) is 0 Å². The number of nitrogens with zero attached hydrogens (tertiary/aromatic N) is 1. The number of alkyl halides is 3. The molecular formula is C10H7F4NO3. The average Bonchev–Trinajstić information content (AvgIpc) is 2.26. The van der Waals surface area contributed by atoms with Gasteiger partial charge in [0.15, 0.2) is 0 Å². The summed E-state index contributed by atoms with van der Waals surface area (Å²) in [4.78, 5) is 20.4. The van der Waals surface area contributed by atoms with Crippen LogP contribution in [0.5, 0.6) is 0 Å². The van der Waals surface area contributed by atoms with E-state index in [1.165, 1.54) is 0 Å². The van der Waals surface area contributed by atoms with Crippen molar-refractivity contribution in [3.05, 3.63) is 29.8 Å². The number of halogens is 4. The van der Waals surface area contributed by atoms with Crippen molar-refractivity contribution in [2.45, 2.75) is 6.30 Å². The fourth-order valence-electron chi connectivity index (χ4n) is 1.21. The van der Waals surface area contributed by atoms with Gasteiger partial charge in [0, 0.05) is 0 Å². The summed E-state index contributed by atoms with van der Waals surface area (Å²) in [6.45, 7) is 0. The van der Waals surface area contributed by atoms with E-state index >= 15 is 0 Å². The maximum Gasteiger partial charge on any atom is 0.493 e. The maximum atomic E-state index is 12.4. The lowest BCUT2D eigenvalue weighted by atomic mass is 10.2. The van der Waals surface area contributed by atoms with Gasteiger partial charge in [0.1, 0.15) is 0 Å². The highest BCUT2D eigenvalue weighted by Crippen LogP contribution is 2.29. The SMILES string of the molecule is COC(=O)c1ccc(N(C(=O)F)C(F)(F)F)cc1. The van der Waals surface area contributed by atoms with Crippen molar-refractivity contribution in [3.63, 3.8) is 0 Å². The Morgan fingerprint density at radius 2 is 1.67 bits per heavy atom. The van der Waals surface area contributed by atoms with Crippen LogP contribution < -0.4 is 4.90 Å². The Bertz CT molecular complexity index is 455. The molecule has 0 spiro atoms. The molecular weight excluding hydrogens is 258 g/mol. The first-order valence-electron chi connectivity index (χ1n) is 4.52. The van der Waals surface area contributed by atoms with Crippen LogP contribution in [0.3, 0.4) is 0 Å². The molecule has 0 N–H and O–H groups in total. The second-order valence-corrected chi connectivity index (χ2v) is 3.09. The number of anilines is 1. The summed E-state index contributed by atoms with van der Waals surface area (Å²) < 4.78 is 53.7. The summed E-state index contributed by atoms with van der Waals surface area (Å²) in [5.74, 6) is -0.758. The smallest absolute Gasteiger partial charge is 0.465 e. The van der Waals surface area contributed by atoms with E-state index in [2.05, 4.69) is 4.74 Å². The molecule has 0 radical (unpaired) electrons. The lowest BCUT2D eigenvalue weighted by Gasteiger charge is -2.21. The minimum atomic E-state index is -5.18. The number of benzene rings is 1. The van der Waals surface area contributed by atoms with Gasteiger partial charge in [-0.15, -0.1) is 17.6 Å². The Balaban J connectivity index is 3.09. The molecule has 0 fully saturated rings. The molecule has 0 aromatic heterocycles. The molecule has 1 aromatic carbocycles. The highest BCUT2D eigenvalue weighted by molar-refractivity contribution is 5.91. The van der Waals surface area contributed by atoms with Crippen molar-refractivity contribution in [1.29, 1.82) is 0 Å². The molecule has 18 heavy (non-hydrogen) atoms. The van der Waals surface area contributed by atoms with Gasteiger partial charge in [-0.3, -0.25) is 0 Å². The summed E-state index contributed by atoms with van der Waals surface area (Å²) in [5, 5.41) is 0. The van der Waals surface area contributed by atoms with Gasteiger partial charge in [-0.2, -0.15) is 4.90 Å². The minimum Gasteiger partial charge on any atom is -0.465 e. The molecule has 1 rings (SSSR count). The third-order valence-electron chi connectivity index (χ3n) is 1.98. The lowest BCUT2D eigenvalue weighted by Crippen LogP contribution is -2.40. The standard InChI is InChI=1S/C10H7F4NO3/c1-18-8(16)6-2-4-7(5-3-6)15(9(11)17)10(12,13)14/h2-5H,1H3. The normalized spacial score (nSPS) is 10.9. The van der Waals surface area contributed by atoms with Gasteiger partial charge < -0.3 is 4.74 Å². The van der Waals surface area contributed by atoms with Crippen LogP contribution in [0.2, 0.25) is 0 Å². The van der Waals surface area contributed by atoms with Gasteiger partial charge in [-0.1, -0.05) is 0 Å². The van der Waals surface area contributed by atoms with Crippen LogP contribution in [0.4, 0.5) is 28.0 Å². The van der Waals surface area contributed by atoms with Crippen molar-refractivity contribution >= 4 is 17.8 Å².